The Bertz CT molecular complexity index is 421. The first-order chi connectivity index (χ1) is 8.02. The largest absolute Gasteiger partial charge is 0.368 e. The van der Waals surface area contributed by atoms with Gasteiger partial charge in [-0.1, -0.05) is 19.1 Å². The molecule has 3 N–H and O–H groups in total. The van der Waals surface area contributed by atoms with Crippen LogP contribution in [0.4, 0.5) is 4.39 Å². The topological polar surface area (TPSA) is 72.2 Å². The van der Waals surface area contributed by atoms with Crippen molar-refractivity contribution in [2.75, 3.05) is 0 Å². The maximum Gasteiger partial charge on any atom is 0.239 e. The van der Waals surface area contributed by atoms with Gasteiger partial charge in [-0.25, -0.2) is 4.39 Å². The number of amides is 2. The first-order valence-electron chi connectivity index (χ1n) is 5.36. The summed E-state index contributed by atoms with van der Waals surface area (Å²) >= 11 is 0. The van der Waals surface area contributed by atoms with Crippen molar-refractivity contribution in [1.82, 2.24) is 5.32 Å². The minimum absolute atomic E-state index is 0.0293. The SMILES string of the molecule is CC[C@@H](NC(=O)Cc1cccc(F)c1)C(N)=O. The van der Waals surface area contributed by atoms with Gasteiger partial charge in [-0.2, -0.15) is 0 Å². The van der Waals surface area contributed by atoms with Gasteiger partial charge in [0.05, 0.1) is 6.42 Å². The number of halogens is 1. The summed E-state index contributed by atoms with van der Waals surface area (Å²) in [6.45, 7) is 1.75. The van der Waals surface area contributed by atoms with Crippen molar-refractivity contribution in [1.29, 1.82) is 0 Å². The Balaban J connectivity index is 2.58. The van der Waals surface area contributed by atoms with E-state index < -0.39 is 17.8 Å². The molecule has 0 aliphatic heterocycles. The van der Waals surface area contributed by atoms with Crippen LogP contribution in [-0.2, 0) is 16.0 Å². The highest BCUT2D eigenvalue weighted by Crippen LogP contribution is 2.04. The minimum Gasteiger partial charge on any atom is -0.368 e. The summed E-state index contributed by atoms with van der Waals surface area (Å²) in [6, 6.07) is 5.10. The van der Waals surface area contributed by atoms with Gasteiger partial charge >= 0.3 is 0 Å². The van der Waals surface area contributed by atoms with E-state index in [1.807, 2.05) is 0 Å². The number of hydrogen-bond donors (Lipinski definition) is 2. The number of primary amides is 1. The van der Waals surface area contributed by atoms with Crippen LogP contribution in [0.5, 0.6) is 0 Å². The molecule has 1 atom stereocenters. The van der Waals surface area contributed by atoms with Crippen LogP contribution in [-0.4, -0.2) is 17.9 Å². The molecule has 92 valence electrons. The predicted octanol–water partition coefficient (Wildman–Crippen LogP) is 0.748. The smallest absolute Gasteiger partial charge is 0.239 e. The first kappa shape index (κ1) is 13.2. The minimum atomic E-state index is -0.670. The second-order valence-electron chi connectivity index (χ2n) is 3.74. The third kappa shape index (κ3) is 4.22. The third-order valence-electron chi connectivity index (χ3n) is 2.34. The van der Waals surface area contributed by atoms with E-state index in [1.54, 1.807) is 13.0 Å². The van der Waals surface area contributed by atoms with Crippen molar-refractivity contribution in [3.63, 3.8) is 0 Å². The highest BCUT2D eigenvalue weighted by atomic mass is 19.1. The zero-order valence-corrected chi connectivity index (χ0v) is 9.57. The lowest BCUT2D eigenvalue weighted by Gasteiger charge is -2.13. The van der Waals surface area contributed by atoms with Crippen LogP contribution < -0.4 is 11.1 Å². The highest BCUT2D eigenvalue weighted by molar-refractivity contribution is 5.87. The Morgan fingerprint density at radius 1 is 1.47 bits per heavy atom. The maximum absolute atomic E-state index is 12.9. The summed E-state index contributed by atoms with van der Waals surface area (Å²) in [5.74, 6) is -1.31. The molecule has 0 spiro atoms. The molecule has 1 rings (SSSR count). The van der Waals surface area contributed by atoms with Crippen LogP contribution in [0.3, 0.4) is 0 Å². The number of carbonyl (C=O) groups is 2. The van der Waals surface area contributed by atoms with Crippen molar-refractivity contribution < 1.29 is 14.0 Å². The van der Waals surface area contributed by atoms with E-state index in [1.165, 1.54) is 18.2 Å². The number of rotatable bonds is 5. The number of nitrogens with one attached hydrogen (secondary N) is 1. The summed E-state index contributed by atoms with van der Waals surface area (Å²) in [5.41, 5.74) is 5.66. The molecule has 0 fully saturated rings. The molecule has 0 bridgehead atoms. The van der Waals surface area contributed by atoms with Crippen LogP contribution in [0, 0.1) is 5.82 Å². The molecular weight excluding hydrogens is 223 g/mol. The van der Waals surface area contributed by atoms with E-state index in [9.17, 15) is 14.0 Å². The summed E-state index contributed by atoms with van der Waals surface area (Å²) in [5, 5.41) is 2.50. The second-order valence-corrected chi connectivity index (χ2v) is 3.74. The van der Waals surface area contributed by atoms with Gasteiger partial charge in [-0.05, 0) is 24.1 Å². The predicted molar refractivity (Wildman–Crippen MR) is 61.5 cm³/mol. The summed E-state index contributed by atoms with van der Waals surface area (Å²) in [4.78, 5) is 22.5. The quantitative estimate of drug-likeness (QED) is 0.794. The van der Waals surface area contributed by atoms with Gasteiger partial charge in [0.25, 0.3) is 0 Å². The average molecular weight is 238 g/mol. The number of benzene rings is 1. The van der Waals surface area contributed by atoms with Gasteiger partial charge in [-0.15, -0.1) is 0 Å². The monoisotopic (exact) mass is 238 g/mol. The molecule has 0 aromatic heterocycles. The molecule has 1 aromatic rings. The van der Waals surface area contributed by atoms with E-state index in [2.05, 4.69) is 5.32 Å². The van der Waals surface area contributed by atoms with E-state index in [-0.39, 0.29) is 12.3 Å². The second kappa shape index (κ2) is 5.98. The molecule has 4 nitrogen and oxygen atoms in total. The van der Waals surface area contributed by atoms with Crippen molar-refractivity contribution in [3.8, 4) is 0 Å². The molecule has 5 heteroatoms. The molecular formula is C12H15FN2O2. The fraction of sp³-hybridized carbons (Fsp3) is 0.333. The molecule has 17 heavy (non-hydrogen) atoms. The average Bonchev–Trinajstić information content (AvgIpc) is 2.25. The Hall–Kier alpha value is -1.91. The van der Waals surface area contributed by atoms with Crippen molar-refractivity contribution in [3.05, 3.63) is 35.6 Å². The third-order valence-corrected chi connectivity index (χ3v) is 2.34. The molecule has 0 aliphatic rings. The Morgan fingerprint density at radius 3 is 2.71 bits per heavy atom. The molecule has 0 heterocycles. The summed E-state index contributed by atoms with van der Waals surface area (Å²) in [6.07, 6.45) is 0.464. The number of nitrogens with two attached hydrogens (primary N) is 1. The summed E-state index contributed by atoms with van der Waals surface area (Å²) < 4.78 is 12.9. The van der Waals surface area contributed by atoms with Crippen LogP contribution in [0.15, 0.2) is 24.3 Å². The molecule has 1 aromatic carbocycles. The van der Waals surface area contributed by atoms with E-state index in [0.717, 1.165) is 0 Å². The van der Waals surface area contributed by atoms with Gasteiger partial charge in [-0.3, -0.25) is 9.59 Å². The first-order valence-corrected chi connectivity index (χ1v) is 5.36. The zero-order valence-electron chi connectivity index (χ0n) is 9.57. The lowest BCUT2D eigenvalue weighted by molar-refractivity contribution is -0.127. The molecule has 0 saturated heterocycles. The normalized spacial score (nSPS) is 11.9. The summed E-state index contributed by atoms with van der Waals surface area (Å²) in [7, 11) is 0. The van der Waals surface area contributed by atoms with E-state index >= 15 is 0 Å². The van der Waals surface area contributed by atoms with Gasteiger partial charge in [0.15, 0.2) is 0 Å². The molecule has 0 radical (unpaired) electrons. The van der Waals surface area contributed by atoms with E-state index in [4.69, 9.17) is 5.73 Å². The van der Waals surface area contributed by atoms with Crippen molar-refractivity contribution in [2.24, 2.45) is 5.73 Å². The highest BCUT2D eigenvalue weighted by Gasteiger charge is 2.15. The molecule has 0 aliphatic carbocycles. The number of carbonyl (C=O) groups excluding carboxylic acids is 2. The molecule has 0 saturated carbocycles. The zero-order chi connectivity index (χ0) is 12.8. The Kier molecular flexibility index (Phi) is 4.63. The molecule has 2 amide bonds. The lowest BCUT2D eigenvalue weighted by atomic mass is 10.1. The van der Waals surface area contributed by atoms with Crippen molar-refractivity contribution >= 4 is 11.8 Å². The molecule has 0 unspecified atom stereocenters. The van der Waals surface area contributed by atoms with Crippen LogP contribution in [0.2, 0.25) is 0 Å². The maximum atomic E-state index is 12.9. The lowest BCUT2D eigenvalue weighted by Crippen LogP contribution is -2.44. The fourth-order valence-corrected chi connectivity index (χ4v) is 1.45. The van der Waals surface area contributed by atoms with E-state index in [0.29, 0.717) is 12.0 Å². The van der Waals surface area contributed by atoms with Gasteiger partial charge in [0.2, 0.25) is 11.8 Å². The van der Waals surface area contributed by atoms with Crippen molar-refractivity contribution in [2.45, 2.75) is 25.8 Å². The van der Waals surface area contributed by atoms with Gasteiger partial charge < -0.3 is 11.1 Å². The van der Waals surface area contributed by atoms with Gasteiger partial charge in [0.1, 0.15) is 11.9 Å². The van der Waals surface area contributed by atoms with Gasteiger partial charge in [0, 0.05) is 0 Å². The van der Waals surface area contributed by atoms with Crippen LogP contribution in [0.1, 0.15) is 18.9 Å². The van der Waals surface area contributed by atoms with Crippen LogP contribution >= 0.6 is 0 Å². The number of hydrogen-bond acceptors (Lipinski definition) is 2. The standard InChI is InChI=1S/C12H15FN2O2/c1-2-10(12(14)17)15-11(16)7-8-4-3-5-9(13)6-8/h3-6,10H,2,7H2,1H3,(H2,14,17)(H,15,16)/t10-/m1/s1. The Labute approximate surface area is 99.0 Å². The Morgan fingerprint density at radius 2 is 2.18 bits per heavy atom. The van der Waals surface area contributed by atoms with Crippen LogP contribution in [0.25, 0.3) is 0 Å². The fourth-order valence-electron chi connectivity index (χ4n) is 1.45.